The molecule has 0 radical (unpaired) electrons. The van der Waals surface area contributed by atoms with Crippen molar-refractivity contribution in [2.45, 2.75) is 20.3 Å². The van der Waals surface area contributed by atoms with E-state index in [1.165, 1.54) is 0 Å². The van der Waals surface area contributed by atoms with Gasteiger partial charge in [0, 0.05) is 11.3 Å². The summed E-state index contributed by atoms with van der Waals surface area (Å²) < 4.78 is 5.74. The lowest BCUT2D eigenvalue weighted by Crippen LogP contribution is -2.15. The zero-order valence-electron chi connectivity index (χ0n) is 13.9. The van der Waals surface area contributed by atoms with Gasteiger partial charge in [0.25, 0.3) is 5.91 Å². The number of primary amides is 1. The molecule has 126 valence electrons. The smallest absolute Gasteiger partial charge is 0.259 e. The number of carbonyl (C=O) groups is 2. The number of carbonyl (C=O) groups excluding carboxylic acids is 2. The van der Waals surface area contributed by atoms with Gasteiger partial charge in [0.2, 0.25) is 5.91 Å². The summed E-state index contributed by atoms with van der Waals surface area (Å²) in [4.78, 5) is 23.5. The van der Waals surface area contributed by atoms with Crippen LogP contribution in [0.15, 0.2) is 48.5 Å². The molecule has 0 unspecified atom stereocenters. The normalized spacial score (nSPS) is 10.5. The fourth-order valence-electron chi connectivity index (χ4n) is 2.10. The number of rotatable bonds is 7. The third-order valence-corrected chi connectivity index (χ3v) is 3.51. The van der Waals surface area contributed by atoms with Gasteiger partial charge in [-0.3, -0.25) is 9.59 Å². The van der Waals surface area contributed by atoms with Crippen LogP contribution in [0.1, 0.15) is 41.0 Å². The molecule has 0 atom stereocenters. The summed E-state index contributed by atoms with van der Waals surface area (Å²) in [5.41, 5.74) is 6.65. The number of hydrogen-bond donors (Lipinski definition) is 2. The number of amides is 2. The second-order valence-electron chi connectivity index (χ2n) is 5.92. The number of nitrogens with one attached hydrogen (secondary N) is 1. The molecule has 0 saturated carbocycles. The van der Waals surface area contributed by atoms with E-state index in [2.05, 4.69) is 19.2 Å². The van der Waals surface area contributed by atoms with Gasteiger partial charge in [-0.2, -0.15) is 0 Å². The minimum absolute atomic E-state index is 0.262. The molecule has 0 spiro atoms. The molecule has 3 N–H and O–H groups in total. The van der Waals surface area contributed by atoms with E-state index in [0.29, 0.717) is 35.1 Å². The highest BCUT2D eigenvalue weighted by Crippen LogP contribution is 2.20. The topological polar surface area (TPSA) is 81.4 Å². The molecule has 5 nitrogen and oxygen atoms in total. The summed E-state index contributed by atoms with van der Waals surface area (Å²) in [6, 6.07) is 13.6. The number of nitrogens with two attached hydrogens (primary N) is 1. The minimum atomic E-state index is -0.503. The van der Waals surface area contributed by atoms with Crippen LogP contribution in [-0.2, 0) is 0 Å². The molecule has 0 aromatic heterocycles. The molecule has 2 aromatic rings. The lowest BCUT2D eigenvalue weighted by Gasteiger charge is -2.12. The number of ether oxygens (including phenoxy) is 1. The Morgan fingerprint density at radius 2 is 1.75 bits per heavy atom. The summed E-state index contributed by atoms with van der Waals surface area (Å²) >= 11 is 0. The summed E-state index contributed by atoms with van der Waals surface area (Å²) in [6.45, 7) is 4.81. The molecule has 0 fully saturated rings. The van der Waals surface area contributed by atoms with Crippen LogP contribution in [0.3, 0.4) is 0 Å². The van der Waals surface area contributed by atoms with Gasteiger partial charge >= 0.3 is 0 Å². The Kier molecular flexibility index (Phi) is 5.95. The van der Waals surface area contributed by atoms with Crippen LogP contribution in [0.2, 0.25) is 0 Å². The molecule has 24 heavy (non-hydrogen) atoms. The van der Waals surface area contributed by atoms with Gasteiger partial charge < -0.3 is 15.8 Å². The van der Waals surface area contributed by atoms with Crippen LogP contribution in [0.25, 0.3) is 0 Å². The summed E-state index contributed by atoms with van der Waals surface area (Å²) in [6.07, 6.45) is 0.921. The average molecular weight is 326 g/mol. The van der Waals surface area contributed by atoms with Crippen molar-refractivity contribution in [3.8, 4) is 5.75 Å². The Hall–Kier alpha value is -2.82. The SMILES string of the molecule is CC(C)CCOc1ccccc1C(=O)Nc1ccc(C(N)=O)cc1. The van der Waals surface area contributed by atoms with Crippen LogP contribution in [0.5, 0.6) is 5.75 Å². The zero-order chi connectivity index (χ0) is 17.5. The van der Waals surface area contributed by atoms with Crippen molar-refractivity contribution >= 4 is 17.5 Å². The first-order chi connectivity index (χ1) is 11.5. The predicted molar refractivity (Wildman–Crippen MR) is 94.3 cm³/mol. The average Bonchev–Trinajstić information content (AvgIpc) is 2.55. The van der Waals surface area contributed by atoms with E-state index >= 15 is 0 Å². The van der Waals surface area contributed by atoms with Gasteiger partial charge in [0.05, 0.1) is 12.2 Å². The first-order valence-electron chi connectivity index (χ1n) is 7.90. The van der Waals surface area contributed by atoms with Crippen LogP contribution < -0.4 is 15.8 Å². The van der Waals surface area contributed by atoms with Gasteiger partial charge in [-0.1, -0.05) is 26.0 Å². The fourth-order valence-corrected chi connectivity index (χ4v) is 2.10. The first-order valence-corrected chi connectivity index (χ1v) is 7.90. The number of benzene rings is 2. The summed E-state index contributed by atoms with van der Waals surface area (Å²) in [5, 5.41) is 2.79. The maximum atomic E-state index is 12.5. The van der Waals surface area contributed by atoms with Gasteiger partial charge in [0.15, 0.2) is 0 Å². The quantitative estimate of drug-likeness (QED) is 0.817. The molecule has 2 aromatic carbocycles. The monoisotopic (exact) mass is 326 g/mol. The van der Waals surface area contributed by atoms with Crippen molar-refractivity contribution in [1.82, 2.24) is 0 Å². The Balaban J connectivity index is 2.07. The van der Waals surface area contributed by atoms with Crippen LogP contribution >= 0.6 is 0 Å². The number of anilines is 1. The van der Waals surface area contributed by atoms with Gasteiger partial charge in [0.1, 0.15) is 5.75 Å². The van der Waals surface area contributed by atoms with Crippen molar-refractivity contribution in [3.63, 3.8) is 0 Å². The van der Waals surface area contributed by atoms with Crippen molar-refractivity contribution in [2.24, 2.45) is 11.7 Å². The highest BCUT2D eigenvalue weighted by molar-refractivity contribution is 6.06. The van der Waals surface area contributed by atoms with Crippen LogP contribution in [0, 0.1) is 5.92 Å². The highest BCUT2D eigenvalue weighted by Gasteiger charge is 2.12. The summed E-state index contributed by atoms with van der Waals surface area (Å²) in [7, 11) is 0. The molecule has 0 aliphatic carbocycles. The van der Waals surface area contributed by atoms with E-state index in [4.69, 9.17) is 10.5 Å². The first kappa shape index (κ1) is 17.5. The largest absolute Gasteiger partial charge is 0.493 e. The third-order valence-electron chi connectivity index (χ3n) is 3.51. The molecule has 0 aliphatic rings. The molecule has 2 amide bonds. The lowest BCUT2D eigenvalue weighted by atomic mass is 10.1. The summed E-state index contributed by atoms with van der Waals surface area (Å²) in [5.74, 6) is 0.331. The van der Waals surface area contributed by atoms with E-state index < -0.39 is 5.91 Å². The van der Waals surface area contributed by atoms with Crippen molar-refractivity contribution in [2.75, 3.05) is 11.9 Å². The van der Waals surface area contributed by atoms with Crippen molar-refractivity contribution < 1.29 is 14.3 Å². The van der Waals surface area contributed by atoms with Gasteiger partial charge in [-0.05, 0) is 48.7 Å². The standard InChI is InChI=1S/C19H22N2O3/c1-13(2)11-12-24-17-6-4-3-5-16(17)19(23)21-15-9-7-14(8-10-15)18(20)22/h3-10,13H,11-12H2,1-2H3,(H2,20,22)(H,21,23). The van der Waals surface area contributed by atoms with Crippen molar-refractivity contribution in [1.29, 1.82) is 0 Å². The maximum Gasteiger partial charge on any atom is 0.259 e. The van der Waals surface area contributed by atoms with Crippen molar-refractivity contribution in [3.05, 3.63) is 59.7 Å². The van der Waals surface area contributed by atoms with E-state index in [1.807, 2.05) is 6.07 Å². The molecule has 5 heteroatoms. The second kappa shape index (κ2) is 8.15. The van der Waals surface area contributed by atoms with Gasteiger partial charge in [-0.25, -0.2) is 0 Å². The van der Waals surface area contributed by atoms with E-state index in [0.717, 1.165) is 6.42 Å². The molecule has 0 heterocycles. The molecular weight excluding hydrogens is 304 g/mol. The van der Waals surface area contributed by atoms with Gasteiger partial charge in [-0.15, -0.1) is 0 Å². The second-order valence-corrected chi connectivity index (χ2v) is 5.92. The Morgan fingerprint density at radius 1 is 1.08 bits per heavy atom. The zero-order valence-corrected chi connectivity index (χ0v) is 13.9. The number of para-hydroxylation sites is 1. The molecule has 2 rings (SSSR count). The van der Waals surface area contributed by atoms with Crippen LogP contribution in [0.4, 0.5) is 5.69 Å². The molecule has 0 bridgehead atoms. The van der Waals surface area contributed by atoms with E-state index in [-0.39, 0.29) is 5.91 Å². The lowest BCUT2D eigenvalue weighted by molar-refractivity contribution is 0.0997. The Bertz CT molecular complexity index is 709. The third kappa shape index (κ3) is 4.84. The molecular formula is C19H22N2O3. The van der Waals surface area contributed by atoms with E-state index in [9.17, 15) is 9.59 Å². The minimum Gasteiger partial charge on any atom is -0.493 e. The Labute approximate surface area is 141 Å². The maximum absolute atomic E-state index is 12.5. The fraction of sp³-hybridized carbons (Fsp3) is 0.263. The predicted octanol–water partition coefficient (Wildman–Crippen LogP) is 3.46. The number of hydrogen-bond acceptors (Lipinski definition) is 3. The van der Waals surface area contributed by atoms with Crippen LogP contribution in [-0.4, -0.2) is 18.4 Å². The Morgan fingerprint density at radius 3 is 2.38 bits per heavy atom. The highest BCUT2D eigenvalue weighted by atomic mass is 16.5. The van der Waals surface area contributed by atoms with E-state index in [1.54, 1.807) is 42.5 Å². The molecule has 0 aliphatic heterocycles. The molecule has 0 saturated heterocycles.